The van der Waals surface area contributed by atoms with Crippen LogP contribution in [-0.4, -0.2) is 16.6 Å². The van der Waals surface area contributed by atoms with Gasteiger partial charge in [-0.25, -0.2) is 10.9 Å². The summed E-state index contributed by atoms with van der Waals surface area (Å²) in [5.41, 5.74) is 3.28. The number of nitrogens with zero attached hydrogens (tertiary/aromatic N) is 1. The number of imidazole rings is 1. The fourth-order valence-electron chi connectivity index (χ4n) is 1.45. The molecule has 2 rings (SSSR count). The number of aromatic amines is 1. The Kier molecular flexibility index (Phi) is 2.47. The van der Waals surface area contributed by atoms with Gasteiger partial charge in [-0.1, -0.05) is 6.07 Å². The molecule has 1 aromatic carbocycles. The van der Waals surface area contributed by atoms with Gasteiger partial charge in [0.25, 0.3) is 0 Å². The highest BCUT2D eigenvalue weighted by Gasteiger charge is 2.01. The third kappa shape index (κ3) is 1.76. The lowest BCUT2D eigenvalue weighted by molar-refractivity contribution is 0.140. The van der Waals surface area contributed by atoms with E-state index in [2.05, 4.69) is 27.8 Å². The number of hydrogen-bond acceptors (Lipinski definition) is 3. The Balaban J connectivity index is 2.32. The predicted octanol–water partition coefficient (Wildman–Crippen LogP) is 1.30. The van der Waals surface area contributed by atoms with Crippen molar-refractivity contribution >= 4 is 11.0 Å². The lowest BCUT2D eigenvalue weighted by atomic mass is 10.2. The van der Waals surface area contributed by atoms with Crippen LogP contribution < -0.4 is 5.90 Å². The van der Waals surface area contributed by atoms with E-state index in [-0.39, 0.29) is 0 Å². The van der Waals surface area contributed by atoms with Gasteiger partial charge in [0.2, 0.25) is 0 Å². The molecule has 0 bridgehead atoms. The quantitative estimate of drug-likeness (QED) is 0.719. The van der Waals surface area contributed by atoms with Crippen LogP contribution in [0.25, 0.3) is 11.0 Å². The van der Waals surface area contributed by atoms with E-state index in [1.165, 1.54) is 5.56 Å². The Morgan fingerprint density at radius 3 is 3.14 bits per heavy atom. The molecule has 1 heterocycles. The minimum Gasteiger partial charge on any atom is -0.342 e. The van der Waals surface area contributed by atoms with E-state index in [9.17, 15) is 0 Å². The zero-order valence-electron chi connectivity index (χ0n) is 8.08. The van der Waals surface area contributed by atoms with Crippen LogP contribution in [0.2, 0.25) is 0 Å². The monoisotopic (exact) mass is 191 g/mol. The summed E-state index contributed by atoms with van der Waals surface area (Å²) in [7, 11) is 0. The van der Waals surface area contributed by atoms with E-state index in [4.69, 9.17) is 5.90 Å². The lowest BCUT2D eigenvalue weighted by Gasteiger charge is -1.92. The number of aromatic nitrogens is 2. The van der Waals surface area contributed by atoms with E-state index in [0.717, 1.165) is 16.9 Å². The number of hydrogen-bond donors (Lipinski definition) is 2. The second kappa shape index (κ2) is 3.77. The highest BCUT2D eigenvalue weighted by Crippen LogP contribution is 2.13. The number of aryl methyl sites for hydroxylation is 1. The van der Waals surface area contributed by atoms with Crippen molar-refractivity contribution in [3.05, 3.63) is 29.6 Å². The highest BCUT2D eigenvalue weighted by molar-refractivity contribution is 5.75. The molecule has 0 fully saturated rings. The molecule has 0 saturated heterocycles. The summed E-state index contributed by atoms with van der Waals surface area (Å²) in [4.78, 5) is 12.1. The van der Waals surface area contributed by atoms with E-state index in [0.29, 0.717) is 13.0 Å². The van der Waals surface area contributed by atoms with Gasteiger partial charge in [0.05, 0.1) is 17.6 Å². The van der Waals surface area contributed by atoms with Crippen LogP contribution >= 0.6 is 0 Å². The van der Waals surface area contributed by atoms with Crippen LogP contribution in [0, 0.1) is 6.92 Å². The fourth-order valence-corrected chi connectivity index (χ4v) is 1.45. The largest absolute Gasteiger partial charge is 0.342 e. The normalized spacial score (nSPS) is 11.0. The maximum absolute atomic E-state index is 4.95. The first-order valence-electron chi connectivity index (χ1n) is 4.56. The van der Waals surface area contributed by atoms with Crippen LogP contribution in [0.3, 0.4) is 0 Å². The Labute approximate surface area is 82.0 Å². The third-order valence-electron chi connectivity index (χ3n) is 2.14. The van der Waals surface area contributed by atoms with Crippen LogP contribution in [-0.2, 0) is 11.3 Å². The summed E-state index contributed by atoms with van der Waals surface area (Å²) in [6, 6.07) is 6.13. The highest BCUT2D eigenvalue weighted by atomic mass is 16.6. The summed E-state index contributed by atoms with van der Waals surface area (Å²) in [5.74, 6) is 5.87. The second-order valence-electron chi connectivity index (χ2n) is 3.32. The van der Waals surface area contributed by atoms with Gasteiger partial charge in [-0.3, -0.25) is 0 Å². The van der Waals surface area contributed by atoms with Gasteiger partial charge in [0.15, 0.2) is 0 Å². The SMILES string of the molecule is Cc1ccc2nc(CCON)[nH]c2c1. The number of rotatable bonds is 3. The molecule has 1 aromatic heterocycles. The first-order chi connectivity index (χ1) is 6.79. The van der Waals surface area contributed by atoms with Gasteiger partial charge >= 0.3 is 0 Å². The molecule has 0 unspecified atom stereocenters. The van der Waals surface area contributed by atoms with Gasteiger partial charge in [0, 0.05) is 6.42 Å². The minimum atomic E-state index is 0.485. The van der Waals surface area contributed by atoms with E-state index >= 15 is 0 Å². The number of nitrogens with two attached hydrogens (primary N) is 1. The van der Waals surface area contributed by atoms with E-state index in [1.807, 2.05) is 12.1 Å². The molecule has 14 heavy (non-hydrogen) atoms. The molecule has 3 N–H and O–H groups in total. The van der Waals surface area contributed by atoms with Crippen molar-refractivity contribution in [2.24, 2.45) is 5.90 Å². The van der Waals surface area contributed by atoms with Crippen LogP contribution in [0.15, 0.2) is 18.2 Å². The molecule has 74 valence electrons. The molecule has 0 aliphatic carbocycles. The van der Waals surface area contributed by atoms with Gasteiger partial charge in [0.1, 0.15) is 5.82 Å². The molecule has 4 heteroatoms. The number of nitrogens with one attached hydrogen (secondary N) is 1. The average molecular weight is 191 g/mol. The predicted molar refractivity (Wildman–Crippen MR) is 54.7 cm³/mol. The standard InChI is InChI=1S/C10H13N3O/c1-7-2-3-8-9(6-7)13-10(12-8)4-5-14-11/h2-3,6H,4-5,11H2,1H3,(H,12,13). The Bertz CT molecular complexity index is 436. The molecule has 0 atom stereocenters. The van der Waals surface area contributed by atoms with Crippen molar-refractivity contribution in [2.75, 3.05) is 6.61 Å². The first-order valence-corrected chi connectivity index (χ1v) is 4.56. The maximum Gasteiger partial charge on any atom is 0.109 e. The molecule has 0 spiro atoms. The zero-order valence-corrected chi connectivity index (χ0v) is 8.08. The summed E-state index contributed by atoms with van der Waals surface area (Å²) in [5, 5.41) is 0. The van der Waals surface area contributed by atoms with Gasteiger partial charge in [-0.2, -0.15) is 0 Å². The zero-order chi connectivity index (χ0) is 9.97. The summed E-state index contributed by atoms with van der Waals surface area (Å²) in [6.45, 7) is 2.54. The van der Waals surface area contributed by atoms with Crippen molar-refractivity contribution in [2.45, 2.75) is 13.3 Å². The van der Waals surface area contributed by atoms with Crippen molar-refractivity contribution in [1.29, 1.82) is 0 Å². The fraction of sp³-hybridized carbons (Fsp3) is 0.300. The van der Waals surface area contributed by atoms with Crippen molar-refractivity contribution in [3.63, 3.8) is 0 Å². The van der Waals surface area contributed by atoms with Crippen molar-refractivity contribution in [1.82, 2.24) is 9.97 Å². The molecule has 2 aromatic rings. The van der Waals surface area contributed by atoms with E-state index < -0.39 is 0 Å². The topological polar surface area (TPSA) is 63.9 Å². The number of fused-ring (bicyclic) bond motifs is 1. The number of benzene rings is 1. The van der Waals surface area contributed by atoms with Crippen LogP contribution in [0.5, 0.6) is 0 Å². The third-order valence-corrected chi connectivity index (χ3v) is 2.14. The maximum atomic E-state index is 4.95. The summed E-state index contributed by atoms with van der Waals surface area (Å²) >= 11 is 0. The Hall–Kier alpha value is -1.39. The van der Waals surface area contributed by atoms with Gasteiger partial charge in [-0.15, -0.1) is 0 Å². The van der Waals surface area contributed by atoms with Crippen LogP contribution in [0.1, 0.15) is 11.4 Å². The molecular weight excluding hydrogens is 178 g/mol. The first kappa shape index (κ1) is 9.18. The smallest absolute Gasteiger partial charge is 0.109 e. The molecule has 0 radical (unpaired) electrons. The van der Waals surface area contributed by atoms with Crippen molar-refractivity contribution in [3.8, 4) is 0 Å². The Morgan fingerprint density at radius 1 is 1.50 bits per heavy atom. The minimum absolute atomic E-state index is 0.485. The number of H-pyrrole nitrogens is 1. The molecule has 4 nitrogen and oxygen atoms in total. The molecule has 0 amide bonds. The lowest BCUT2D eigenvalue weighted by Crippen LogP contribution is -2.04. The van der Waals surface area contributed by atoms with Gasteiger partial charge < -0.3 is 9.82 Å². The van der Waals surface area contributed by atoms with Crippen molar-refractivity contribution < 1.29 is 4.84 Å². The van der Waals surface area contributed by atoms with Crippen LogP contribution in [0.4, 0.5) is 0 Å². The molecular formula is C10H13N3O. The average Bonchev–Trinajstić information content (AvgIpc) is 2.56. The molecule has 0 aliphatic rings. The summed E-state index contributed by atoms with van der Waals surface area (Å²) < 4.78 is 0. The van der Waals surface area contributed by atoms with Gasteiger partial charge in [-0.05, 0) is 24.6 Å². The summed E-state index contributed by atoms with van der Waals surface area (Å²) in [6.07, 6.45) is 0.713. The Morgan fingerprint density at radius 2 is 2.36 bits per heavy atom. The second-order valence-corrected chi connectivity index (χ2v) is 3.32. The molecule has 0 aliphatic heterocycles. The van der Waals surface area contributed by atoms with E-state index in [1.54, 1.807) is 0 Å². The molecule has 0 saturated carbocycles.